The van der Waals surface area contributed by atoms with Gasteiger partial charge in [-0.05, 0) is 32.4 Å². The van der Waals surface area contributed by atoms with E-state index in [1.54, 1.807) is 0 Å². The quantitative estimate of drug-likeness (QED) is 0.735. The van der Waals surface area contributed by atoms with Crippen LogP contribution in [0.4, 0.5) is 5.82 Å². The van der Waals surface area contributed by atoms with Gasteiger partial charge in [0, 0.05) is 30.3 Å². The zero-order valence-corrected chi connectivity index (χ0v) is 10.0. The van der Waals surface area contributed by atoms with Crippen molar-refractivity contribution in [2.45, 2.75) is 31.2 Å². The summed E-state index contributed by atoms with van der Waals surface area (Å²) < 4.78 is 5.39. The van der Waals surface area contributed by atoms with Gasteiger partial charge in [0.05, 0.1) is 6.61 Å². The minimum atomic E-state index is 0.506. The fourth-order valence-corrected chi connectivity index (χ4v) is 2.57. The highest BCUT2D eigenvalue weighted by molar-refractivity contribution is 5.37. The van der Waals surface area contributed by atoms with Crippen molar-refractivity contribution in [3.8, 4) is 0 Å². The maximum Gasteiger partial charge on any atom is 0.148 e. The molecule has 0 saturated carbocycles. The molecule has 2 fully saturated rings. The molecule has 0 aromatic carbocycles. The van der Waals surface area contributed by atoms with Crippen LogP contribution in [0.15, 0.2) is 6.07 Å². The number of aromatic amines is 1. The smallest absolute Gasteiger partial charge is 0.148 e. The van der Waals surface area contributed by atoms with Crippen LogP contribution in [0, 0.1) is 0 Å². The van der Waals surface area contributed by atoms with Crippen molar-refractivity contribution >= 4 is 5.82 Å². The van der Waals surface area contributed by atoms with Crippen LogP contribution in [0.5, 0.6) is 0 Å². The van der Waals surface area contributed by atoms with E-state index in [2.05, 4.69) is 26.9 Å². The molecule has 1 atom stereocenters. The third kappa shape index (κ3) is 2.61. The Morgan fingerprint density at radius 3 is 2.94 bits per heavy atom. The predicted octanol–water partition coefficient (Wildman–Crippen LogP) is 1.08. The summed E-state index contributed by atoms with van der Waals surface area (Å²) in [6.45, 7) is 3.91. The van der Waals surface area contributed by atoms with Gasteiger partial charge < -0.3 is 15.4 Å². The fraction of sp³-hybridized carbons (Fsp3) is 0.750. The van der Waals surface area contributed by atoms with Crippen molar-refractivity contribution in [1.29, 1.82) is 0 Å². The minimum Gasteiger partial charge on any atom is -0.381 e. The number of piperidine rings is 1. The molecule has 1 aromatic rings. The molecule has 17 heavy (non-hydrogen) atoms. The molecule has 2 aliphatic rings. The molecule has 94 valence electrons. The maximum atomic E-state index is 5.39. The Kier molecular flexibility index (Phi) is 3.29. The van der Waals surface area contributed by atoms with E-state index in [-0.39, 0.29) is 0 Å². The summed E-state index contributed by atoms with van der Waals surface area (Å²) in [5, 5.41) is 14.3. The van der Waals surface area contributed by atoms with Gasteiger partial charge in [0.15, 0.2) is 0 Å². The van der Waals surface area contributed by atoms with Crippen LogP contribution in [0.2, 0.25) is 0 Å². The summed E-state index contributed by atoms with van der Waals surface area (Å²) in [6.07, 6.45) is 3.46. The second kappa shape index (κ2) is 5.06. The molecule has 0 amide bonds. The van der Waals surface area contributed by atoms with Crippen LogP contribution in [0.3, 0.4) is 0 Å². The molecule has 5 heteroatoms. The molecule has 0 bridgehead atoms. The number of nitrogens with one attached hydrogen (secondary N) is 3. The Morgan fingerprint density at radius 2 is 2.18 bits per heavy atom. The Labute approximate surface area is 101 Å². The monoisotopic (exact) mass is 236 g/mol. The molecular weight excluding hydrogens is 216 g/mol. The van der Waals surface area contributed by atoms with Crippen molar-refractivity contribution in [3.05, 3.63) is 11.8 Å². The topological polar surface area (TPSA) is 62.0 Å². The van der Waals surface area contributed by atoms with E-state index in [9.17, 15) is 0 Å². The largest absolute Gasteiger partial charge is 0.381 e. The van der Waals surface area contributed by atoms with Crippen LogP contribution in [0.1, 0.15) is 30.9 Å². The van der Waals surface area contributed by atoms with Crippen molar-refractivity contribution in [1.82, 2.24) is 15.5 Å². The van der Waals surface area contributed by atoms with Gasteiger partial charge in [0.25, 0.3) is 0 Å². The van der Waals surface area contributed by atoms with E-state index in [4.69, 9.17) is 4.74 Å². The third-order valence-electron chi connectivity index (χ3n) is 3.66. The highest BCUT2D eigenvalue weighted by Crippen LogP contribution is 2.25. The SMILES string of the molecule is c1c(NC2CCNCC2)n[nH]c1C1CCOC1. The second-order valence-electron chi connectivity index (χ2n) is 4.94. The van der Waals surface area contributed by atoms with Crippen LogP contribution >= 0.6 is 0 Å². The van der Waals surface area contributed by atoms with Crippen molar-refractivity contribution in [3.63, 3.8) is 0 Å². The standard InChI is InChI=1S/C12H20N4O/c1-4-13-5-2-10(1)14-12-7-11(15-16-12)9-3-6-17-8-9/h7,9-10,13H,1-6,8H2,(H2,14,15,16). The zero-order valence-electron chi connectivity index (χ0n) is 10.0. The summed E-state index contributed by atoms with van der Waals surface area (Å²) in [4.78, 5) is 0. The zero-order chi connectivity index (χ0) is 11.5. The summed E-state index contributed by atoms with van der Waals surface area (Å²) in [7, 11) is 0. The second-order valence-corrected chi connectivity index (χ2v) is 4.94. The van der Waals surface area contributed by atoms with Gasteiger partial charge in [-0.3, -0.25) is 5.10 Å². The number of ether oxygens (including phenoxy) is 1. The molecule has 1 unspecified atom stereocenters. The third-order valence-corrected chi connectivity index (χ3v) is 3.66. The number of hydrogen-bond donors (Lipinski definition) is 3. The van der Waals surface area contributed by atoms with Crippen LogP contribution in [-0.4, -0.2) is 42.5 Å². The maximum absolute atomic E-state index is 5.39. The lowest BCUT2D eigenvalue weighted by molar-refractivity contribution is 0.193. The first-order chi connectivity index (χ1) is 8.42. The average Bonchev–Trinajstić information content (AvgIpc) is 3.00. The van der Waals surface area contributed by atoms with E-state index in [1.807, 2.05) is 0 Å². The summed E-state index contributed by atoms with van der Waals surface area (Å²) in [5.74, 6) is 1.49. The lowest BCUT2D eigenvalue weighted by Gasteiger charge is -2.23. The molecule has 1 aromatic heterocycles. The molecule has 0 aliphatic carbocycles. The molecule has 0 radical (unpaired) electrons. The Morgan fingerprint density at radius 1 is 1.29 bits per heavy atom. The van der Waals surface area contributed by atoms with E-state index in [0.717, 1.165) is 38.5 Å². The van der Waals surface area contributed by atoms with Gasteiger partial charge in [0.2, 0.25) is 0 Å². The fourth-order valence-electron chi connectivity index (χ4n) is 2.57. The number of rotatable bonds is 3. The van der Waals surface area contributed by atoms with E-state index < -0.39 is 0 Å². The highest BCUT2D eigenvalue weighted by Gasteiger charge is 2.20. The number of H-pyrrole nitrogens is 1. The average molecular weight is 236 g/mol. The lowest BCUT2D eigenvalue weighted by Crippen LogP contribution is -2.35. The molecule has 2 aliphatic heterocycles. The normalized spacial score (nSPS) is 26.2. The van der Waals surface area contributed by atoms with Crippen LogP contribution in [0.25, 0.3) is 0 Å². The number of anilines is 1. The minimum absolute atomic E-state index is 0.506. The van der Waals surface area contributed by atoms with E-state index in [0.29, 0.717) is 12.0 Å². The van der Waals surface area contributed by atoms with Crippen molar-refractivity contribution in [2.75, 3.05) is 31.6 Å². The first kappa shape index (κ1) is 11.0. The molecule has 3 heterocycles. The molecule has 5 nitrogen and oxygen atoms in total. The lowest BCUT2D eigenvalue weighted by atomic mass is 10.1. The van der Waals surface area contributed by atoms with Gasteiger partial charge in [0.1, 0.15) is 5.82 Å². The van der Waals surface area contributed by atoms with Gasteiger partial charge >= 0.3 is 0 Å². The number of aromatic nitrogens is 2. The molecule has 3 rings (SSSR count). The Bertz CT molecular complexity index is 353. The molecule has 2 saturated heterocycles. The molecular formula is C12H20N4O. The van der Waals surface area contributed by atoms with Crippen LogP contribution < -0.4 is 10.6 Å². The predicted molar refractivity (Wildman–Crippen MR) is 66.3 cm³/mol. The van der Waals surface area contributed by atoms with E-state index in [1.165, 1.54) is 18.5 Å². The molecule has 0 spiro atoms. The van der Waals surface area contributed by atoms with Gasteiger partial charge in [-0.1, -0.05) is 0 Å². The number of nitrogens with zero attached hydrogens (tertiary/aromatic N) is 1. The van der Waals surface area contributed by atoms with Crippen molar-refractivity contribution in [2.24, 2.45) is 0 Å². The first-order valence-electron chi connectivity index (χ1n) is 6.52. The van der Waals surface area contributed by atoms with Gasteiger partial charge in [-0.25, -0.2) is 0 Å². The van der Waals surface area contributed by atoms with Gasteiger partial charge in [-0.2, -0.15) is 5.10 Å². The first-order valence-corrected chi connectivity index (χ1v) is 6.52. The summed E-state index contributed by atoms with van der Waals surface area (Å²) in [6, 6.07) is 2.70. The number of hydrogen-bond acceptors (Lipinski definition) is 4. The summed E-state index contributed by atoms with van der Waals surface area (Å²) in [5.41, 5.74) is 1.21. The molecule has 3 N–H and O–H groups in total. The van der Waals surface area contributed by atoms with Crippen molar-refractivity contribution < 1.29 is 4.74 Å². The summed E-state index contributed by atoms with van der Waals surface area (Å²) >= 11 is 0. The van der Waals surface area contributed by atoms with Crippen LogP contribution in [-0.2, 0) is 4.74 Å². The van der Waals surface area contributed by atoms with E-state index >= 15 is 0 Å². The van der Waals surface area contributed by atoms with Gasteiger partial charge in [-0.15, -0.1) is 0 Å². The highest BCUT2D eigenvalue weighted by atomic mass is 16.5. The Balaban J connectivity index is 1.59. The Hall–Kier alpha value is -1.07.